The smallest absolute Gasteiger partial charge is 0.490 e. The van der Waals surface area contributed by atoms with E-state index in [1.54, 1.807) is 0 Å². The normalized spacial score (nSPS) is 15.3. The molecule has 0 atom stereocenters. The van der Waals surface area contributed by atoms with E-state index >= 15 is 0 Å². The molecule has 1 aliphatic rings. The van der Waals surface area contributed by atoms with Gasteiger partial charge in [-0.2, -0.15) is 0 Å². The minimum Gasteiger partial charge on any atom is -0.490 e. The molecule has 0 N–H and O–H groups in total. The van der Waals surface area contributed by atoms with Gasteiger partial charge in [0.15, 0.2) is 11.6 Å². The minimum atomic E-state index is -5.10. The SMILES string of the molecule is Fc1ccc([B-](F)(F)F)cc1OCC1CC1.[K+]. The van der Waals surface area contributed by atoms with Crippen molar-refractivity contribution in [2.75, 3.05) is 6.61 Å². The maximum Gasteiger partial charge on any atom is 1.00 e. The molecule has 1 nitrogen and oxygen atoms in total. The van der Waals surface area contributed by atoms with Crippen LogP contribution in [0.5, 0.6) is 5.75 Å². The summed E-state index contributed by atoms with van der Waals surface area (Å²) in [5, 5.41) is 0. The Balaban J connectivity index is 0.00000144. The van der Waals surface area contributed by atoms with Gasteiger partial charge in [0, 0.05) is 0 Å². The molecule has 0 aromatic heterocycles. The summed E-state index contributed by atoms with van der Waals surface area (Å²) in [6.45, 7) is -4.80. The second-order valence-corrected chi connectivity index (χ2v) is 4.02. The van der Waals surface area contributed by atoms with Crippen molar-refractivity contribution in [3.63, 3.8) is 0 Å². The molecule has 0 spiro atoms. The molecule has 0 amide bonds. The van der Waals surface area contributed by atoms with Gasteiger partial charge in [0.1, 0.15) is 0 Å². The molecule has 2 rings (SSSR count). The summed E-state index contributed by atoms with van der Waals surface area (Å²) in [5.74, 6) is -0.674. The van der Waals surface area contributed by atoms with Gasteiger partial charge in [0.05, 0.1) is 6.61 Å². The van der Waals surface area contributed by atoms with Gasteiger partial charge in [0.25, 0.3) is 0 Å². The summed E-state index contributed by atoms with van der Waals surface area (Å²) in [7, 11) is 0. The van der Waals surface area contributed by atoms with E-state index in [9.17, 15) is 17.3 Å². The Bertz CT molecular complexity index is 392. The van der Waals surface area contributed by atoms with Gasteiger partial charge in [-0.15, -0.1) is 5.46 Å². The molecule has 0 aliphatic heterocycles. The maximum atomic E-state index is 13.1. The van der Waals surface area contributed by atoms with Crippen LogP contribution in [0.4, 0.5) is 17.3 Å². The maximum absolute atomic E-state index is 13.1. The summed E-state index contributed by atoms with van der Waals surface area (Å²) in [6.07, 6.45) is 2.01. The molecule has 0 radical (unpaired) electrons. The van der Waals surface area contributed by atoms with E-state index in [0.717, 1.165) is 31.0 Å². The molecule has 1 aliphatic carbocycles. The quantitative estimate of drug-likeness (QED) is 0.539. The average Bonchev–Trinajstić information content (AvgIpc) is 2.98. The standard InChI is InChI=1S/C10H10BF4O.K/c12-9-4-3-8(11(13,14)15)5-10(9)16-6-7-1-2-7;/h3-5,7H,1-2,6H2;/q-1;+1. The average molecular weight is 272 g/mol. The van der Waals surface area contributed by atoms with Gasteiger partial charge in [-0.25, -0.2) is 4.39 Å². The van der Waals surface area contributed by atoms with Crippen LogP contribution in [0.15, 0.2) is 18.2 Å². The Kier molecular flexibility index (Phi) is 5.52. The van der Waals surface area contributed by atoms with Crippen LogP contribution in [-0.2, 0) is 0 Å². The molecular formula is C10H10BF4KO. The number of ether oxygens (including phenoxy) is 1. The molecule has 0 bridgehead atoms. The van der Waals surface area contributed by atoms with Crippen molar-refractivity contribution >= 4 is 12.4 Å². The summed E-state index contributed by atoms with van der Waals surface area (Å²) in [6, 6.07) is 2.27. The first-order chi connectivity index (χ1) is 7.47. The van der Waals surface area contributed by atoms with E-state index in [-0.39, 0.29) is 57.1 Å². The zero-order valence-corrected chi connectivity index (χ0v) is 12.6. The van der Waals surface area contributed by atoms with Gasteiger partial charge >= 0.3 is 58.4 Å². The first-order valence-electron chi connectivity index (χ1n) is 5.09. The molecule has 0 unspecified atom stereocenters. The van der Waals surface area contributed by atoms with Crippen molar-refractivity contribution in [1.29, 1.82) is 0 Å². The van der Waals surface area contributed by atoms with Crippen molar-refractivity contribution in [2.45, 2.75) is 12.8 Å². The van der Waals surface area contributed by atoms with Crippen molar-refractivity contribution in [3.05, 3.63) is 24.0 Å². The van der Waals surface area contributed by atoms with Gasteiger partial charge in [0.2, 0.25) is 0 Å². The predicted molar refractivity (Wildman–Crippen MR) is 53.3 cm³/mol. The van der Waals surface area contributed by atoms with E-state index in [0.29, 0.717) is 12.5 Å². The van der Waals surface area contributed by atoms with Crippen LogP contribution in [0.3, 0.4) is 0 Å². The zero-order valence-electron chi connectivity index (χ0n) is 9.43. The summed E-state index contributed by atoms with van der Waals surface area (Å²) in [5.41, 5.74) is -0.827. The van der Waals surface area contributed by atoms with Crippen LogP contribution in [0.1, 0.15) is 12.8 Å². The fraction of sp³-hybridized carbons (Fsp3) is 0.400. The summed E-state index contributed by atoms with van der Waals surface area (Å²) in [4.78, 5) is 0. The van der Waals surface area contributed by atoms with Crippen molar-refractivity contribution < 1.29 is 73.5 Å². The van der Waals surface area contributed by atoms with E-state index < -0.39 is 18.3 Å². The molecule has 1 fully saturated rings. The third-order valence-corrected chi connectivity index (χ3v) is 2.50. The van der Waals surface area contributed by atoms with Gasteiger partial charge < -0.3 is 17.7 Å². The fourth-order valence-corrected chi connectivity index (χ4v) is 1.33. The number of hydrogen-bond donors (Lipinski definition) is 0. The molecule has 7 heteroatoms. The Morgan fingerprint density at radius 2 is 1.88 bits per heavy atom. The van der Waals surface area contributed by atoms with Crippen molar-refractivity contribution in [1.82, 2.24) is 0 Å². The number of halogens is 4. The van der Waals surface area contributed by atoms with Gasteiger partial charge in [-0.1, -0.05) is 6.07 Å². The molecule has 0 heterocycles. The Labute approximate surface area is 139 Å². The van der Waals surface area contributed by atoms with Crippen LogP contribution < -0.4 is 61.6 Å². The fourth-order valence-electron chi connectivity index (χ4n) is 1.33. The summed E-state index contributed by atoms with van der Waals surface area (Å²) < 4.78 is 55.4. The monoisotopic (exact) mass is 272 g/mol. The minimum absolute atomic E-state index is 0. The van der Waals surface area contributed by atoms with Crippen LogP contribution in [0.25, 0.3) is 0 Å². The second-order valence-electron chi connectivity index (χ2n) is 4.02. The molecule has 1 aromatic carbocycles. The van der Waals surface area contributed by atoms with Crippen molar-refractivity contribution in [2.24, 2.45) is 5.92 Å². The van der Waals surface area contributed by atoms with E-state index in [2.05, 4.69) is 0 Å². The number of hydrogen-bond acceptors (Lipinski definition) is 1. The second kappa shape index (κ2) is 6.06. The van der Waals surface area contributed by atoms with E-state index in [4.69, 9.17) is 4.74 Å². The molecule has 0 saturated heterocycles. The predicted octanol–water partition coefficient (Wildman–Crippen LogP) is -0.327. The Morgan fingerprint density at radius 3 is 2.41 bits per heavy atom. The van der Waals surface area contributed by atoms with Gasteiger partial charge in [-0.05, 0) is 30.9 Å². The first kappa shape index (κ1) is 15.5. The van der Waals surface area contributed by atoms with Crippen LogP contribution >= 0.6 is 0 Å². The zero-order chi connectivity index (χ0) is 11.8. The third kappa shape index (κ3) is 4.55. The summed E-state index contributed by atoms with van der Waals surface area (Å²) >= 11 is 0. The first-order valence-corrected chi connectivity index (χ1v) is 5.09. The molecule has 1 saturated carbocycles. The Morgan fingerprint density at radius 1 is 1.24 bits per heavy atom. The van der Waals surface area contributed by atoms with Crippen molar-refractivity contribution in [3.8, 4) is 5.75 Å². The molecule has 88 valence electrons. The van der Waals surface area contributed by atoms with Gasteiger partial charge in [-0.3, -0.25) is 0 Å². The molecule has 1 aromatic rings. The van der Waals surface area contributed by atoms with E-state index in [1.807, 2.05) is 0 Å². The van der Waals surface area contributed by atoms with Crippen LogP contribution in [0, 0.1) is 11.7 Å². The number of benzene rings is 1. The Hall–Kier alpha value is 0.441. The topological polar surface area (TPSA) is 9.23 Å². The largest absolute Gasteiger partial charge is 1.00 e. The van der Waals surface area contributed by atoms with E-state index in [1.165, 1.54) is 0 Å². The number of rotatable bonds is 4. The third-order valence-electron chi connectivity index (χ3n) is 2.50. The molecular weight excluding hydrogens is 262 g/mol. The van der Waals surface area contributed by atoms with Crippen LogP contribution in [-0.4, -0.2) is 13.6 Å². The molecule has 17 heavy (non-hydrogen) atoms. The van der Waals surface area contributed by atoms with Crippen LogP contribution in [0.2, 0.25) is 0 Å².